The molecule has 0 aliphatic carbocycles. The molecular weight excluding hydrogens is 262 g/mol. The summed E-state index contributed by atoms with van der Waals surface area (Å²) in [5.41, 5.74) is -0.412. The Bertz CT molecular complexity index is 531. The van der Waals surface area contributed by atoms with Gasteiger partial charge in [-0.3, -0.25) is 14.5 Å². The number of nitrogens with zero attached hydrogens (tertiary/aromatic N) is 1. The zero-order valence-electron chi connectivity index (χ0n) is 13.5. The van der Waals surface area contributed by atoms with Crippen LogP contribution in [0.2, 0.25) is 0 Å². The third kappa shape index (κ3) is 2.02. The second kappa shape index (κ2) is 5.63. The van der Waals surface area contributed by atoms with Crippen LogP contribution in [0.3, 0.4) is 0 Å². The van der Waals surface area contributed by atoms with Crippen molar-refractivity contribution >= 4 is 11.8 Å². The first-order valence-corrected chi connectivity index (χ1v) is 7.83. The molecule has 114 valence electrons. The molecule has 1 saturated heterocycles. The molecule has 3 nitrogen and oxygen atoms in total. The summed E-state index contributed by atoms with van der Waals surface area (Å²) in [7, 11) is 1.62. The van der Waals surface area contributed by atoms with E-state index < -0.39 is 10.8 Å². The van der Waals surface area contributed by atoms with Crippen LogP contribution in [0.1, 0.15) is 52.0 Å². The predicted octanol–water partition coefficient (Wildman–Crippen LogP) is 3.53. The largest absolute Gasteiger partial charge is 0.284 e. The Morgan fingerprint density at radius 1 is 0.952 bits per heavy atom. The van der Waals surface area contributed by atoms with E-state index in [0.717, 1.165) is 31.2 Å². The normalized spacial score (nSPS) is 24.7. The van der Waals surface area contributed by atoms with Gasteiger partial charge in [0.2, 0.25) is 11.8 Å². The molecule has 1 aliphatic heterocycles. The van der Waals surface area contributed by atoms with E-state index in [2.05, 4.69) is 13.8 Å². The molecule has 1 aromatic carbocycles. The maximum Gasteiger partial charge on any atom is 0.240 e. The Balaban J connectivity index is 2.68. The minimum atomic E-state index is -0.758. The lowest BCUT2D eigenvalue weighted by Gasteiger charge is -2.39. The highest BCUT2D eigenvalue weighted by Gasteiger charge is 2.65. The molecule has 0 saturated carbocycles. The minimum absolute atomic E-state index is 0.0115. The fourth-order valence-corrected chi connectivity index (χ4v) is 4.03. The van der Waals surface area contributed by atoms with Gasteiger partial charge < -0.3 is 0 Å². The first-order valence-electron chi connectivity index (χ1n) is 7.83. The molecule has 21 heavy (non-hydrogen) atoms. The molecule has 2 rings (SSSR count). The summed E-state index contributed by atoms with van der Waals surface area (Å²) in [4.78, 5) is 27.2. The van der Waals surface area contributed by atoms with Crippen LogP contribution in [0.25, 0.3) is 0 Å². The summed E-state index contributed by atoms with van der Waals surface area (Å²) in [6.45, 7) is 6.12. The Hall–Kier alpha value is -1.64. The van der Waals surface area contributed by atoms with Crippen molar-refractivity contribution < 1.29 is 9.59 Å². The van der Waals surface area contributed by atoms with Crippen LogP contribution in [-0.4, -0.2) is 23.8 Å². The summed E-state index contributed by atoms with van der Waals surface area (Å²) < 4.78 is 0. The van der Waals surface area contributed by atoms with Crippen molar-refractivity contribution in [2.24, 2.45) is 5.41 Å². The van der Waals surface area contributed by atoms with Crippen LogP contribution in [0.15, 0.2) is 30.3 Å². The quantitative estimate of drug-likeness (QED) is 0.777. The lowest BCUT2D eigenvalue weighted by Crippen LogP contribution is -2.46. The molecule has 1 atom stereocenters. The third-order valence-corrected chi connectivity index (χ3v) is 5.11. The number of hydrogen-bond donors (Lipinski definition) is 0. The topological polar surface area (TPSA) is 37.4 Å². The first kappa shape index (κ1) is 15.7. The van der Waals surface area contributed by atoms with Gasteiger partial charge in [0.25, 0.3) is 0 Å². The van der Waals surface area contributed by atoms with Crippen LogP contribution in [-0.2, 0) is 15.0 Å². The maximum atomic E-state index is 12.9. The second-order valence-corrected chi connectivity index (χ2v) is 6.24. The van der Waals surface area contributed by atoms with Crippen molar-refractivity contribution in [1.29, 1.82) is 0 Å². The average molecular weight is 287 g/mol. The number of carbonyl (C=O) groups is 2. The molecular formula is C18H25NO2. The number of likely N-dealkylation sites (N-methyl/N-ethyl adjacent to an activating group) is 1. The van der Waals surface area contributed by atoms with Gasteiger partial charge in [0.1, 0.15) is 0 Å². The van der Waals surface area contributed by atoms with Crippen molar-refractivity contribution in [2.45, 2.75) is 51.9 Å². The number of imide groups is 1. The van der Waals surface area contributed by atoms with E-state index in [1.54, 1.807) is 7.05 Å². The average Bonchev–Trinajstić information content (AvgIpc) is 2.64. The maximum absolute atomic E-state index is 12.9. The summed E-state index contributed by atoms with van der Waals surface area (Å²) in [5.74, 6) is -0.0804. The molecule has 1 heterocycles. The highest BCUT2D eigenvalue weighted by atomic mass is 16.2. The zero-order chi connectivity index (χ0) is 15.7. The van der Waals surface area contributed by atoms with E-state index in [-0.39, 0.29) is 11.8 Å². The molecule has 2 amide bonds. The summed E-state index contributed by atoms with van der Waals surface area (Å²) in [6, 6.07) is 9.78. The van der Waals surface area contributed by atoms with Crippen molar-refractivity contribution in [2.75, 3.05) is 7.05 Å². The van der Waals surface area contributed by atoms with Gasteiger partial charge in [-0.05, 0) is 25.3 Å². The monoisotopic (exact) mass is 287 g/mol. The van der Waals surface area contributed by atoms with E-state index in [0.29, 0.717) is 0 Å². The molecule has 3 heteroatoms. The van der Waals surface area contributed by atoms with Crippen LogP contribution in [0.5, 0.6) is 0 Å². The van der Waals surface area contributed by atoms with Crippen molar-refractivity contribution in [3.63, 3.8) is 0 Å². The molecule has 0 spiro atoms. The number of rotatable bonds is 5. The van der Waals surface area contributed by atoms with Crippen molar-refractivity contribution in [1.82, 2.24) is 4.90 Å². The van der Waals surface area contributed by atoms with Gasteiger partial charge in [0.05, 0.1) is 10.8 Å². The highest BCUT2D eigenvalue weighted by molar-refractivity contribution is 6.12. The minimum Gasteiger partial charge on any atom is -0.284 e. The smallest absolute Gasteiger partial charge is 0.240 e. The SMILES string of the molecule is CCCC1(CCC)C(=O)N(C)C(=O)[C@]1(C)c1ccccc1. The Morgan fingerprint density at radius 2 is 1.48 bits per heavy atom. The number of benzene rings is 1. The fraction of sp³-hybridized carbons (Fsp3) is 0.556. The number of carbonyl (C=O) groups excluding carboxylic acids is 2. The number of amides is 2. The van der Waals surface area contributed by atoms with Crippen LogP contribution in [0, 0.1) is 5.41 Å². The van der Waals surface area contributed by atoms with E-state index in [1.807, 2.05) is 37.3 Å². The van der Waals surface area contributed by atoms with Gasteiger partial charge in [-0.1, -0.05) is 57.0 Å². The predicted molar refractivity (Wildman–Crippen MR) is 83.8 cm³/mol. The van der Waals surface area contributed by atoms with Gasteiger partial charge in [-0.2, -0.15) is 0 Å². The van der Waals surface area contributed by atoms with Gasteiger partial charge >= 0.3 is 0 Å². The van der Waals surface area contributed by atoms with E-state index >= 15 is 0 Å². The summed E-state index contributed by atoms with van der Waals surface area (Å²) >= 11 is 0. The summed E-state index contributed by atoms with van der Waals surface area (Å²) in [6.07, 6.45) is 3.30. The van der Waals surface area contributed by atoms with Crippen molar-refractivity contribution in [3.8, 4) is 0 Å². The standard InChI is InChI=1S/C18H25NO2/c1-5-12-18(13-6-2)16(21)19(4)15(20)17(18,3)14-10-8-7-9-11-14/h7-11H,5-6,12-13H2,1-4H3/t17-/m0/s1. The fourth-order valence-electron chi connectivity index (χ4n) is 4.03. The molecule has 0 bridgehead atoms. The molecule has 0 unspecified atom stereocenters. The molecule has 0 radical (unpaired) electrons. The first-order chi connectivity index (χ1) is 9.95. The Labute approximate surface area is 127 Å². The van der Waals surface area contributed by atoms with Gasteiger partial charge in [0, 0.05) is 7.05 Å². The van der Waals surface area contributed by atoms with E-state index in [4.69, 9.17) is 0 Å². The second-order valence-electron chi connectivity index (χ2n) is 6.24. The van der Waals surface area contributed by atoms with Crippen molar-refractivity contribution in [3.05, 3.63) is 35.9 Å². The van der Waals surface area contributed by atoms with E-state index in [1.165, 1.54) is 4.90 Å². The molecule has 0 aromatic heterocycles. The van der Waals surface area contributed by atoms with Crippen LogP contribution >= 0.6 is 0 Å². The van der Waals surface area contributed by atoms with Crippen LogP contribution < -0.4 is 0 Å². The Kier molecular flexibility index (Phi) is 4.22. The highest BCUT2D eigenvalue weighted by Crippen LogP contribution is 2.54. The molecule has 1 fully saturated rings. The van der Waals surface area contributed by atoms with E-state index in [9.17, 15) is 9.59 Å². The lowest BCUT2D eigenvalue weighted by molar-refractivity contribution is -0.140. The molecule has 0 N–H and O–H groups in total. The summed E-state index contributed by atoms with van der Waals surface area (Å²) in [5, 5.41) is 0. The number of hydrogen-bond acceptors (Lipinski definition) is 2. The van der Waals surface area contributed by atoms with Gasteiger partial charge in [-0.15, -0.1) is 0 Å². The Morgan fingerprint density at radius 3 is 1.95 bits per heavy atom. The van der Waals surface area contributed by atoms with Gasteiger partial charge in [0.15, 0.2) is 0 Å². The molecule has 1 aromatic rings. The van der Waals surface area contributed by atoms with Crippen LogP contribution in [0.4, 0.5) is 0 Å². The van der Waals surface area contributed by atoms with Gasteiger partial charge in [-0.25, -0.2) is 0 Å². The molecule has 1 aliphatic rings. The zero-order valence-corrected chi connectivity index (χ0v) is 13.5. The third-order valence-electron chi connectivity index (χ3n) is 5.11. The number of likely N-dealkylation sites (tertiary alicyclic amines) is 1. The lowest BCUT2D eigenvalue weighted by atomic mass is 9.58.